The van der Waals surface area contributed by atoms with Gasteiger partial charge in [-0.1, -0.05) is 30.5 Å². The number of aromatic amines is 1. The smallest absolute Gasteiger partial charge is 0.226 e. The van der Waals surface area contributed by atoms with Crippen LogP contribution in [0, 0.1) is 0 Å². The molecule has 1 heterocycles. The maximum absolute atomic E-state index is 12.4. The van der Waals surface area contributed by atoms with Crippen molar-refractivity contribution in [3.8, 4) is 0 Å². The van der Waals surface area contributed by atoms with Crippen LogP contribution in [0.4, 0.5) is 0 Å². The molecule has 4 nitrogen and oxygen atoms in total. The van der Waals surface area contributed by atoms with Gasteiger partial charge < -0.3 is 15.0 Å². The molecule has 0 spiro atoms. The summed E-state index contributed by atoms with van der Waals surface area (Å²) in [7, 11) is 1.77. The molecule has 0 radical (unpaired) electrons. The summed E-state index contributed by atoms with van der Waals surface area (Å²) in [6.07, 6.45) is 5.85. The Kier molecular flexibility index (Phi) is 4.15. The Morgan fingerprint density at radius 2 is 2.14 bits per heavy atom. The molecular formula is C17H21ClN2O2. The van der Waals surface area contributed by atoms with Crippen LogP contribution in [0.1, 0.15) is 31.2 Å². The van der Waals surface area contributed by atoms with Gasteiger partial charge in [0.25, 0.3) is 0 Å². The number of H-pyrrole nitrogens is 1. The molecule has 2 aromatic rings. The summed E-state index contributed by atoms with van der Waals surface area (Å²) in [5, 5.41) is 12.1. The highest BCUT2D eigenvalue weighted by molar-refractivity contribution is 6.31. The Bertz CT molecular complexity index is 689. The minimum absolute atomic E-state index is 0.0242. The number of nitrogens with one attached hydrogen (secondary N) is 1. The zero-order valence-corrected chi connectivity index (χ0v) is 13.5. The van der Waals surface area contributed by atoms with Gasteiger partial charge in [0.1, 0.15) is 0 Å². The van der Waals surface area contributed by atoms with Crippen LogP contribution in [-0.2, 0) is 11.2 Å². The Morgan fingerprint density at radius 1 is 1.41 bits per heavy atom. The lowest BCUT2D eigenvalue weighted by Gasteiger charge is -2.28. The van der Waals surface area contributed by atoms with Crippen molar-refractivity contribution >= 4 is 28.4 Å². The predicted octanol–water partition coefficient (Wildman–Crippen LogP) is 3.13. The van der Waals surface area contributed by atoms with E-state index in [-0.39, 0.29) is 5.91 Å². The number of fused-ring (bicyclic) bond motifs is 1. The number of likely N-dealkylation sites (N-methyl/N-ethyl adjacent to an activating group) is 1. The molecule has 1 aliphatic carbocycles. The summed E-state index contributed by atoms with van der Waals surface area (Å²) in [5.74, 6) is 0.0242. The molecule has 5 heteroatoms. The van der Waals surface area contributed by atoms with Gasteiger partial charge in [0, 0.05) is 35.7 Å². The first kappa shape index (κ1) is 15.4. The Labute approximate surface area is 135 Å². The number of benzene rings is 1. The van der Waals surface area contributed by atoms with Gasteiger partial charge in [0.2, 0.25) is 5.91 Å². The van der Waals surface area contributed by atoms with E-state index >= 15 is 0 Å². The first-order chi connectivity index (χ1) is 10.5. The lowest BCUT2D eigenvalue weighted by atomic mass is 10.0. The van der Waals surface area contributed by atoms with Gasteiger partial charge >= 0.3 is 0 Å². The molecule has 1 aromatic heterocycles. The van der Waals surface area contributed by atoms with E-state index in [1.54, 1.807) is 11.9 Å². The van der Waals surface area contributed by atoms with Crippen molar-refractivity contribution in [2.45, 2.75) is 37.7 Å². The first-order valence-corrected chi connectivity index (χ1v) is 8.06. The number of nitrogens with zero attached hydrogens (tertiary/aromatic N) is 1. The number of aliphatic hydroxyl groups is 1. The SMILES string of the molecule is CN(CC1(O)CCCC1)C(=O)Cc1c[nH]c2cc(Cl)ccc12. The first-order valence-electron chi connectivity index (χ1n) is 7.69. The third-order valence-corrected chi connectivity index (χ3v) is 4.80. The van der Waals surface area contributed by atoms with Crippen LogP contribution >= 0.6 is 11.6 Å². The Balaban J connectivity index is 1.70. The number of carbonyl (C=O) groups excluding carboxylic acids is 1. The molecule has 0 bridgehead atoms. The van der Waals surface area contributed by atoms with E-state index in [1.165, 1.54) is 0 Å². The van der Waals surface area contributed by atoms with Crippen LogP contribution in [-0.4, -0.2) is 40.1 Å². The third kappa shape index (κ3) is 3.13. The minimum atomic E-state index is -0.696. The van der Waals surface area contributed by atoms with Crippen LogP contribution < -0.4 is 0 Å². The van der Waals surface area contributed by atoms with Crippen LogP contribution in [0.3, 0.4) is 0 Å². The molecule has 22 heavy (non-hydrogen) atoms. The highest BCUT2D eigenvalue weighted by Gasteiger charge is 2.33. The van der Waals surface area contributed by atoms with Crippen LogP contribution in [0.2, 0.25) is 5.02 Å². The van der Waals surface area contributed by atoms with Crippen molar-refractivity contribution in [1.82, 2.24) is 9.88 Å². The van der Waals surface area contributed by atoms with E-state index in [9.17, 15) is 9.90 Å². The molecule has 1 amide bonds. The van der Waals surface area contributed by atoms with E-state index in [1.807, 2.05) is 24.4 Å². The molecule has 0 aliphatic heterocycles. The second-order valence-electron chi connectivity index (χ2n) is 6.36. The summed E-state index contributed by atoms with van der Waals surface area (Å²) >= 11 is 5.97. The average Bonchev–Trinajstić information content (AvgIpc) is 3.05. The van der Waals surface area contributed by atoms with E-state index in [2.05, 4.69) is 4.98 Å². The van der Waals surface area contributed by atoms with Gasteiger partial charge in [-0.25, -0.2) is 0 Å². The maximum atomic E-state index is 12.4. The lowest BCUT2D eigenvalue weighted by molar-refractivity contribution is -0.132. The van der Waals surface area contributed by atoms with E-state index in [0.717, 1.165) is 42.1 Å². The molecule has 118 valence electrons. The summed E-state index contributed by atoms with van der Waals surface area (Å²) in [6.45, 7) is 0.417. The van der Waals surface area contributed by atoms with Crippen molar-refractivity contribution in [2.75, 3.05) is 13.6 Å². The fourth-order valence-electron chi connectivity index (χ4n) is 3.32. The van der Waals surface area contributed by atoms with Gasteiger partial charge in [0.15, 0.2) is 0 Å². The van der Waals surface area contributed by atoms with E-state index in [4.69, 9.17) is 11.6 Å². The number of hydrogen-bond donors (Lipinski definition) is 2. The quantitative estimate of drug-likeness (QED) is 0.909. The van der Waals surface area contributed by atoms with Gasteiger partial charge in [-0.15, -0.1) is 0 Å². The zero-order chi connectivity index (χ0) is 15.7. The molecule has 3 rings (SSSR count). The number of halogens is 1. The van der Waals surface area contributed by atoms with Crippen molar-refractivity contribution in [1.29, 1.82) is 0 Å². The Hall–Kier alpha value is -1.52. The number of hydrogen-bond acceptors (Lipinski definition) is 2. The number of carbonyl (C=O) groups is 1. The standard InChI is InChI=1S/C17H21ClN2O2/c1-20(11-17(22)6-2-3-7-17)16(21)8-12-10-19-15-9-13(18)4-5-14(12)15/h4-5,9-10,19,22H,2-3,6-8,11H2,1H3. The average molecular weight is 321 g/mol. The monoisotopic (exact) mass is 320 g/mol. The normalized spacial score (nSPS) is 17.0. The second-order valence-corrected chi connectivity index (χ2v) is 6.80. The second kappa shape index (κ2) is 5.94. The summed E-state index contributed by atoms with van der Waals surface area (Å²) in [4.78, 5) is 17.2. The number of amides is 1. The fraction of sp³-hybridized carbons (Fsp3) is 0.471. The van der Waals surface area contributed by atoms with Crippen molar-refractivity contribution in [3.05, 3.63) is 35.0 Å². The third-order valence-electron chi connectivity index (χ3n) is 4.56. The summed E-state index contributed by atoms with van der Waals surface area (Å²) in [5.41, 5.74) is 1.20. The lowest BCUT2D eigenvalue weighted by Crippen LogP contribution is -2.42. The van der Waals surface area contributed by atoms with Crippen molar-refractivity contribution in [3.63, 3.8) is 0 Å². The van der Waals surface area contributed by atoms with Crippen molar-refractivity contribution < 1.29 is 9.90 Å². The van der Waals surface area contributed by atoms with Crippen molar-refractivity contribution in [2.24, 2.45) is 0 Å². The van der Waals surface area contributed by atoms with Crippen LogP contribution in [0.15, 0.2) is 24.4 Å². The molecule has 0 unspecified atom stereocenters. The van der Waals surface area contributed by atoms with Gasteiger partial charge in [-0.05, 0) is 30.5 Å². The highest BCUT2D eigenvalue weighted by Crippen LogP contribution is 2.30. The molecule has 0 saturated heterocycles. The molecule has 1 aliphatic rings. The maximum Gasteiger partial charge on any atom is 0.226 e. The molecular weight excluding hydrogens is 300 g/mol. The number of aromatic nitrogens is 1. The number of rotatable bonds is 4. The fourth-order valence-corrected chi connectivity index (χ4v) is 3.50. The topological polar surface area (TPSA) is 56.3 Å². The predicted molar refractivity (Wildman–Crippen MR) is 88.1 cm³/mol. The van der Waals surface area contributed by atoms with E-state index < -0.39 is 5.60 Å². The largest absolute Gasteiger partial charge is 0.388 e. The molecule has 2 N–H and O–H groups in total. The van der Waals surface area contributed by atoms with E-state index in [0.29, 0.717) is 18.0 Å². The summed E-state index contributed by atoms with van der Waals surface area (Å²) in [6, 6.07) is 5.62. The molecule has 1 aromatic carbocycles. The van der Waals surface area contributed by atoms with Crippen LogP contribution in [0.25, 0.3) is 10.9 Å². The molecule has 1 fully saturated rings. The highest BCUT2D eigenvalue weighted by atomic mass is 35.5. The minimum Gasteiger partial charge on any atom is -0.388 e. The van der Waals surface area contributed by atoms with Gasteiger partial charge in [-0.3, -0.25) is 4.79 Å². The van der Waals surface area contributed by atoms with Crippen LogP contribution in [0.5, 0.6) is 0 Å². The summed E-state index contributed by atoms with van der Waals surface area (Å²) < 4.78 is 0. The zero-order valence-electron chi connectivity index (χ0n) is 12.7. The Morgan fingerprint density at radius 3 is 2.86 bits per heavy atom. The van der Waals surface area contributed by atoms with Gasteiger partial charge in [-0.2, -0.15) is 0 Å². The molecule has 0 atom stereocenters. The van der Waals surface area contributed by atoms with Gasteiger partial charge in [0.05, 0.1) is 12.0 Å². The molecule has 1 saturated carbocycles.